The second-order valence-electron chi connectivity index (χ2n) is 2.56. The van der Waals surface area contributed by atoms with E-state index in [-0.39, 0.29) is 11.3 Å². The number of hydrogen-bond acceptors (Lipinski definition) is 3. The van der Waals surface area contributed by atoms with Crippen molar-refractivity contribution in [3.63, 3.8) is 0 Å². The molecule has 0 aliphatic carbocycles. The third-order valence-corrected chi connectivity index (χ3v) is 1.79. The predicted octanol–water partition coefficient (Wildman–Crippen LogP) is -0.677. The molecule has 0 aromatic rings. The van der Waals surface area contributed by atoms with E-state index in [0.29, 0.717) is 32.8 Å². The van der Waals surface area contributed by atoms with Crippen molar-refractivity contribution in [2.24, 2.45) is 0 Å². The maximum atomic E-state index is 11.4. The summed E-state index contributed by atoms with van der Waals surface area (Å²) in [5.74, 6) is 0. The first-order valence-electron chi connectivity index (χ1n) is 3.52. The van der Waals surface area contributed by atoms with Gasteiger partial charge in [-0.15, -0.1) is 0 Å². The summed E-state index contributed by atoms with van der Waals surface area (Å²) in [7, 11) is 0. The topological polar surface area (TPSA) is 52.5 Å². The standard InChI is InChI=1S/C6H13NO3/c8-4-1-7(9)2-5-10-6-3-7/h8H,1-6H2. The molecule has 1 aliphatic heterocycles. The van der Waals surface area contributed by atoms with Crippen molar-refractivity contribution < 1.29 is 14.5 Å². The summed E-state index contributed by atoms with van der Waals surface area (Å²) < 4.78 is 4.73. The number of quaternary nitrogens is 1. The van der Waals surface area contributed by atoms with Crippen LogP contribution in [0.1, 0.15) is 0 Å². The van der Waals surface area contributed by atoms with Crippen LogP contribution in [0.4, 0.5) is 0 Å². The van der Waals surface area contributed by atoms with Gasteiger partial charge < -0.3 is 19.7 Å². The van der Waals surface area contributed by atoms with Crippen LogP contribution < -0.4 is 0 Å². The molecule has 1 rings (SSSR count). The fraction of sp³-hybridized carbons (Fsp3) is 1.00. The average molecular weight is 147 g/mol. The zero-order valence-electron chi connectivity index (χ0n) is 5.95. The molecule has 1 fully saturated rings. The Kier molecular flexibility index (Phi) is 2.62. The number of morpholine rings is 1. The molecule has 4 nitrogen and oxygen atoms in total. The Balaban J connectivity index is 2.32. The molecule has 1 saturated heterocycles. The molecule has 4 heteroatoms. The summed E-state index contributed by atoms with van der Waals surface area (Å²) in [5.41, 5.74) is 0. The van der Waals surface area contributed by atoms with Crippen LogP contribution in [0.5, 0.6) is 0 Å². The van der Waals surface area contributed by atoms with E-state index in [1.807, 2.05) is 0 Å². The van der Waals surface area contributed by atoms with Crippen LogP contribution in [0.25, 0.3) is 0 Å². The smallest absolute Gasteiger partial charge is 0.102 e. The maximum Gasteiger partial charge on any atom is 0.102 e. The summed E-state index contributed by atoms with van der Waals surface area (Å²) in [6, 6.07) is 0. The van der Waals surface area contributed by atoms with Crippen LogP contribution in [-0.4, -0.2) is 49.2 Å². The van der Waals surface area contributed by atoms with Gasteiger partial charge in [-0.2, -0.15) is 0 Å². The van der Waals surface area contributed by atoms with E-state index in [1.54, 1.807) is 0 Å². The maximum absolute atomic E-state index is 11.4. The molecule has 0 aromatic heterocycles. The lowest BCUT2D eigenvalue weighted by molar-refractivity contribution is -0.888. The van der Waals surface area contributed by atoms with Gasteiger partial charge >= 0.3 is 0 Å². The number of aliphatic hydroxyl groups excluding tert-OH is 1. The molecule has 1 aliphatic rings. The molecule has 60 valence electrons. The lowest BCUT2D eigenvalue weighted by Gasteiger charge is -2.44. The van der Waals surface area contributed by atoms with Gasteiger partial charge in [-0.1, -0.05) is 0 Å². The number of hydroxylamine groups is 3. The summed E-state index contributed by atoms with van der Waals surface area (Å²) in [4.78, 5) is 0. The van der Waals surface area contributed by atoms with E-state index >= 15 is 0 Å². The first-order chi connectivity index (χ1) is 4.77. The molecular weight excluding hydrogens is 134 g/mol. The summed E-state index contributed by atoms with van der Waals surface area (Å²) in [6.45, 7) is 2.32. The van der Waals surface area contributed by atoms with Gasteiger partial charge in [0.05, 0.1) is 19.8 Å². The van der Waals surface area contributed by atoms with E-state index < -0.39 is 0 Å². The summed E-state index contributed by atoms with van der Waals surface area (Å²) >= 11 is 0. The number of aliphatic hydroxyl groups is 1. The van der Waals surface area contributed by atoms with Crippen molar-refractivity contribution in [2.45, 2.75) is 0 Å². The molecule has 10 heavy (non-hydrogen) atoms. The Morgan fingerprint density at radius 3 is 2.50 bits per heavy atom. The highest BCUT2D eigenvalue weighted by Crippen LogP contribution is 2.07. The van der Waals surface area contributed by atoms with Gasteiger partial charge in [0.15, 0.2) is 0 Å². The molecule has 0 amide bonds. The molecule has 0 saturated carbocycles. The Labute approximate surface area is 60.2 Å². The number of ether oxygens (including phenoxy) is 1. The predicted molar refractivity (Wildman–Crippen MR) is 36.1 cm³/mol. The zero-order valence-corrected chi connectivity index (χ0v) is 5.95. The Hall–Kier alpha value is -0.160. The van der Waals surface area contributed by atoms with E-state index in [9.17, 15) is 5.21 Å². The number of hydrogen-bond donors (Lipinski definition) is 1. The number of nitrogens with zero attached hydrogens (tertiary/aromatic N) is 1. The normalized spacial score (nSPS) is 24.6. The molecular formula is C6H13NO3. The van der Waals surface area contributed by atoms with Gasteiger partial charge in [0, 0.05) is 0 Å². The SMILES string of the molecule is [O-][N+]1(CCO)CCOCC1. The third kappa shape index (κ3) is 1.91. The van der Waals surface area contributed by atoms with Gasteiger partial charge in [-0.05, 0) is 0 Å². The van der Waals surface area contributed by atoms with E-state index in [0.717, 1.165) is 0 Å². The van der Waals surface area contributed by atoms with Crippen LogP contribution >= 0.6 is 0 Å². The van der Waals surface area contributed by atoms with Gasteiger partial charge in [0.1, 0.15) is 19.6 Å². The van der Waals surface area contributed by atoms with Gasteiger partial charge in [-0.3, -0.25) is 0 Å². The molecule has 0 radical (unpaired) electrons. The second-order valence-corrected chi connectivity index (χ2v) is 2.56. The second kappa shape index (κ2) is 3.30. The van der Waals surface area contributed by atoms with Crippen LogP contribution in [0.15, 0.2) is 0 Å². The quantitative estimate of drug-likeness (QED) is 0.416. The summed E-state index contributed by atoms with van der Waals surface area (Å²) in [5, 5.41) is 19.9. The van der Waals surface area contributed by atoms with Crippen molar-refractivity contribution in [1.82, 2.24) is 0 Å². The van der Waals surface area contributed by atoms with E-state index in [2.05, 4.69) is 0 Å². The minimum Gasteiger partial charge on any atom is -0.633 e. The first kappa shape index (κ1) is 7.94. The Morgan fingerprint density at radius 2 is 2.00 bits per heavy atom. The third-order valence-electron chi connectivity index (χ3n) is 1.79. The van der Waals surface area contributed by atoms with Crippen LogP contribution in [-0.2, 0) is 4.74 Å². The Bertz CT molecular complexity index is 95.7. The largest absolute Gasteiger partial charge is 0.633 e. The summed E-state index contributed by atoms with van der Waals surface area (Å²) in [6.07, 6.45) is 0. The van der Waals surface area contributed by atoms with Gasteiger partial charge in [0.2, 0.25) is 0 Å². The van der Waals surface area contributed by atoms with Gasteiger partial charge in [-0.25, -0.2) is 0 Å². The van der Waals surface area contributed by atoms with Crippen LogP contribution in [0.3, 0.4) is 0 Å². The average Bonchev–Trinajstić information content (AvgIpc) is 1.89. The number of rotatable bonds is 2. The minimum absolute atomic E-state index is 0.0243. The first-order valence-corrected chi connectivity index (χ1v) is 3.52. The fourth-order valence-electron chi connectivity index (χ4n) is 1.08. The lowest BCUT2D eigenvalue weighted by atomic mass is 10.4. The highest BCUT2D eigenvalue weighted by molar-refractivity contribution is 4.49. The van der Waals surface area contributed by atoms with Crippen molar-refractivity contribution in [3.8, 4) is 0 Å². The molecule has 0 unspecified atom stereocenters. The fourth-order valence-corrected chi connectivity index (χ4v) is 1.08. The lowest BCUT2D eigenvalue weighted by Crippen LogP contribution is -2.51. The van der Waals surface area contributed by atoms with Crippen molar-refractivity contribution in [2.75, 3.05) is 39.5 Å². The molecule has 0 atom stereocenters. The van der Waals surface area contributed by atoms with Crippen molar-refractivity contribution in [1.29, 1.82) is 0 Å². The van der Waals surface area contributed by atoms with Gasteiger partial charge in [0.25, 0.3) is 0 Å². The molecule has 0 aromatic carbocycles. The van der Waals surface area contributed by atoms with E-state index in [1.165, 1.54) is 0 Å². The molecule has 1 N–H and O–H groups in total. The monoisotopic (exact) mass is 147 g/mol. The highest BCUT2D eigenvalue weighted by Gasteiger charge is 2.19. The minimum atomic E-state index is -0.281. The molecule has 0 bridgehead atoms. The van der Waals surface area contributed by atoms with E-state index in [4.69, 9.17) is 9.84 Å². The zero-order chi connectivity index (χ0) is 7.45. The molecule has 0 spiro atoms. The highest BCUT2D eigenvalue weighted by atomic mass is 16.6. The van der Waals surface area contributed by atoms with Crippen LogP contribution in [0.2, 0.25) is 0 Å². The molecule has 1 heterocycles. The van der Waals surface area contributed by atoms with Crippen molar-refractivity contribution in [3.05, 3.63) is 5.21 Å². The van der Waals surface area contributed by atoms with Crippen LogP contribution in [0, 0.1) is 5.21 Å². The van der Waals surface area contributed by atoms with Crippen molar-refractivity contribution >= 4 is 0 Å². The Morgan fingerprint density at radius 1 is 1.40 bits per heavy atom.